The van der Waals surface area contributed by atoms with Crippen LogP contribution in [0.25, 0.3) is 11.8 Å². The third-order valence-corrected chi connectivity index (χ3v) is 4.52. The van der Waals surface area contributed by atoms with Crippen molar-refractivity contribution in [2.24, 2.45) is 0 Å². The maximum Gasteiger partial charge on any atom is 0.146 e. The highest BCUT2D eigenvalue weighted by Gasteiger charge is 2.26. The Morgan fingerprint density at radius 3 is 2.29 bits per heavy atom. The van der Waals surface area contributed by atoms with Gasteiger partial charge in [-0.2, -0.15) is 5.10 Å². The summed E-state index contributed by atoms with van der Waals surface area (Å²) in [5.74, 6) is 0.270. The Morgan fingerprint density at radius 2 is 1.71 bits per heavy atom. The average molecular weight is 325 g/mol. The van der Waals surface area contributed by atoms with Crippen molar-refractivity contribution in [2.75, 3.05) is 0 Å². The van der Waals surface area contributed by atoms with Gasteiger partial charge in [0.05, 0.1) is 5.69 Å². The van der Waals surface area contributed by atoms with Gasteiger partial charge in [-0.05, 0) is 41.4 Å². The van der Waals surface area contributed by atoms with Gasteiger partial charge in [-0.25, -0.2) is 0 Å². The average Bonchev–Trinajstić information content (AvgIpc) is 2.88. The van der Waals surface area contributed by atoms with E-state index in [2.05, 4.69) is 63.9 Å². The third-order valence-electron chi connectivity index (χ3n) is 4.52. The number of benzene rings is 1. The number of phenolic OH excluding ortho intramolecular Hbond substituents is 1. The zero-order valence-electron chi connectivity index (χ0n) is 15.5. The van der Waals surface area contributed by atoms with Crippen molar-refractivity contribution >= 4 is 6.08 Å². The lowest BCUT2D eigenvalue weighted by Crippen LogP contribution is -2.18. The quantitative estimate of drug-likeness (QED) is 0.838. The Kier molecular flexibility index (Phi) is 3.82. The van der Waals surface area contributed by atoms with Crippen molar-refractivity contribution < 1.29 is 5.11 Å². The van der Waals surface area contributed by atoms with E-state index in [1.54, 1.807) is 4.80 Å². The minimum atomic E-state index is -0.160. The van der Waals surface area contributed by atoms with Crippen LogP contribution in [-0.4, -0.2) is 20.1 Å². The molecule has 0 amide bonds. The summed E-state index contributed by atoms with van der Waals surface area (Å²) in [7, 11) is 0. The number of phenols is 1. The largest absolute Gasteiger partial charge is 0.505 e. The molecule has 0 atom stereocenters. The molecule has 0 spiro atoms. The summed E-state index contributed by atoms with van der Waals surface area (Å²) >= 11 is 0. The molecule has 1 aliphatic carbocycles. The second-order valence-corrected chi connectivity index (χ2v) is 8.65. The molecule has 1 aromatic carbocycles. The summed E-state index contributed by atoms with van der Waals surface area (Å²) in [4.78, 5) is 1.60. The van der Waals surface area contributed by atoms with Crippen LogP contribution in [0.5, 0.6) is 5.75 Å². The summed E-state index contributed by atoms with van der Waals surface area (Å²) in [5, 5.41) is 20.1. The van der Waals surface area contributed by atoms with Crippen LogP contribution in [0, 0.1) is 0 Å². The molecule has 0 aliphatic heterocycles. The number of nitrogens with zero attached hydrogens (tertiary/aromatic N) is 3. The Morgan fingerprint density at radius 1 is 1.00 bits per heavy atom. The fourth-order valence-corrected chi connectivity index (χ4v) is 2.95. The zero-order chi connectivity index (χ0) is 17.7. The van der Waals surface area contributed by atoms with Gasteiger partial charge >= 0.3 is 0 Å². The maximum atomic E-state index is 10.9. The van der Waals surface area contributed by atoms with Gasteiger partial charge in [-0.3, -0.25) is 0 Å². The van der Waals surface area contributed by atoms with Gasteiger partial charge in [0.25, 0.3) is 0 Å². The Bertz CT molecular complexity index is 802. The van der Waals surface area contributed by atoms with E-state index in [9.17, 15) is 5.11 Å². The Balaban J connectivity index is 2.23. The Hall–Kier alpha value is -2.10. The molecule has 0 saturated heterocycles. The van der Waals surface area contributed by atoms with Gasteiger partial charge in [0.2, 0.25) is 0 Å². The van der Waals surface area contributed by atoms with Crippen molar-refractivity contribution in [3.05, 3.63) is 40.7 Å². The van der Waals surface area contributed by atoms with Crippen LogP contribution in [0.15, 0.2) is 18.2 Å². The molecule has 1 aromatic heterocycles. The standard InChI is InChI=1S/C20H27N3O/c1-19(2,3)13-11-14(20(4,5)6)18(24)17(12-13)23-21-15-9-7-8-10-16(15)22-23/h7,9,11-12,24H,8,10H2,1-6H3. The highest BCUT2D eigenvalue weighted by molar-refractivity contribution is 5.57. The first-order valence-electron chi connectivity index (χ1n) is 8.58. The molecule has 2 aromatic rings. The molecule has 128 valence electrons. The van der Waals surface area contributed by atoms with E-state index in [1.807, 2.05) is 12.1 Å². The van der Waals surface area contributed by atoms with Crippen molar-refractivity contribution in [3.8, 4) is 11.4 Å². The summed E-state index contributed by atoms with van der Waals surface area (Å²) < 4.78 is 0. The van der Waals surface area contributed by atoms with Gasteiger partial charge < -0.3 is 5.11 Å². The molecule has 24 heavy (non-hydrogen) atoms. The molecule has 1 aliphatic rings. The third kappa shape index (κ3) is 2.97. The van der Waals surface area contributed by atoms with Crippen LogP contribution < -0.4 is 0 Å². The summed E-state index contributed by atoms with van der Waals surface area (Å²) in [6.45, 7) is 12.9. The number of aryl methyl sites for hydroxylation is 1. The first-order valence-corrected chi connectivity index (χ1v) is 8.58. The normalized spacial score (nSPS) is 14.8. The molecule has 0 fully saturated rings. The molecule has 0 radical (unpaired) electrons. The predicted molar refractivity (Wildman–Crippen MR) is 97.8 cm³/mol. The van der Waals surface area contributed by atoms with Crippen LogP contribution in [0.3, 0.4) is 0 Å². The topological polar surface area (TPSA) is 50.9 Å². The first-order chi connectivity index (χ1) is 11.1. The number of fused-ring (bicyclic) bond motifs is 1. The van der Waals surface area contributed by atoms with Crippen molar-refractivity contribution in [2.45, 2.75) is 65.2 Å². The van der Waals surface area contributed by atoms with Crippen LogP contribution >= 0.6 is 0 Å². The van der Waals surface area contributed by atoms with Crippen molar-refractivity contribution in [1.82, 2.24) is 15.0 Å². The highest BCUT2D eigenvalue weighted by Crippen LogP contribution is 2.39. The minimum Gasteiger partial charge on any atom is -0.505 e. The van der Waals surface area contributed by atoms with Gasteiger partial charge in [-0.1, -0.05) is 53.7 Å². The fourth-order valence-electron chi connectivity index (χ4n) is 2.95. The second-order valence-electron chi connectivity index (χ2n) is 8.65. The van der Waals surface area contributed by atoms with E-state index in [0.29, 0.717) is 5.69 Å². The van der Waals surface area contributed by atoms with Gasteiger partial charge in [0.1, 0.15) is 17.1 Å². The monoisotopic (exact) mass is 325 g/mol. The van der Waals surface area contributed by atoms with E-state index in [0.717, 1.165) is 29.8 Å². The van der Waals surface area contributed by atoms with Crippen LogP contribution in [0.1, 0.15) is 70.5 Å². The molecular formula is C20H27N3O. The number of aromatic hydroxyl groups is 1. The fraction of sp³-hybridized carbons (Fsp3) is 0.500. The number of allylic oxidation sites excluding steroid dienone is 1. The molecule has 0 saturated carbocycles. The molecular weight excluding hydrogens is 298 g/mol. The highest BCUT2D eigenvalue weighted by atomic mass is 16.3. The number of aromatic nitrogens is 3. The summed E-state index contributed by atoms with van der Waals surface area (Å²) in [5.41, 5.74) is 4.48. The predicted octanol–water partition coefficient (Wildman–Crippen LogP) is 4.53. The first kappa shape index (κ1) is 16.7. The summed E-state index contributed by atoms with van der Waals surface area (Å²) in [6, 6.07) is 4.13. The molecule has 4 nitrogen and oxygen atoms in total. The van der Waals surface area contributed by atoms with Gasteiger partial charge in [-0.15, -0.1) is 9.90 Å². The number of hydrogen-bond donors (Lipinski definition) is 1. The van der Waals surface area contributed by atoms with Gasteiger partial charge in [0.15, 0.2) is 0 Å². The molecule has 1 heterocycles. The lowest BCUT2D eigenvalue weighted by atomic mass is 9.80. The summed E-state index contributed by atoms with van der Waals surface area (Å²) in [6.07, 6.45) is 6.02. The molecule has 0 unspecified atom stereocenters. The molecule has 1 N–H and O–H groups in total. The maximum absolute atomic E-state index is 10.9. The molecule has 0 bridgehead atoms. The lowest BCUT2D eigenvalue weighted by molar-refractivity contribution is 0.438. The Labute approximate surface area is 144 Å². The van der Waals surface area contributed by atoms with E-state index in [-0.39, 0.29) is 16.6 Å². The van der Waals surface area contributed by atoms with Crippen molar-refractivity contribution in [3.63, 3.8) is 0 Å². The molecule has 3 rings (SSSR count). The molecule has 4 heteroatoms. The van der Waals surface area contributed by atoms with E-state index in [1.165, 1.54) is 5.56 Å². The lowest BCUT2D eigenvalue weighted by Gasteiger charge is -2.27. The van der Waals surface area contributed by atoms with Crippen LogP contribution in [0.4, 0.5) is 0 Å². The van der Waals surface area contributed by atoms with Gasteiger partial charge in [0, 0.05) is 5.56 Å². The number of hydrogen-bond acceptors (Lipinski definition) is 3. The minimum absolute atomic E-state index is 0.0187. The van der Waals surface area contributed by atoms with E-state index >= 15 is 0 Å². The second kappa shape index (κ2) is 5.47. The smallest absolute Gasteiger partial charge is 0.146 e. The van der Waals surface area contributed by atoms with E-state index in [4.69, 9.17) is 0 Å². The zero-order valence-corrected chi connectivity index (χ0v) is 15.5. The number of rotatable bonds is 1. The van der Waals surface area contributed by atoms with Crippen LogP contribution in [0.2, 0.25) is 0 Å². The SMILES string of the molecule is CC(C)(C)c1cc(-n2nc3c(n2)CCC=C3)c(O)c(C(C)(C)C)c1. The van der Waals surface area contributed by atoms with Crippen molar-refractivity contribution in [1.29, 1.82) is 0 Å². The van der Waals surface area contributed by atoms with E-state index < -0.39 is 0 Å². The van der Waals surface area contributed by atoms with Crippen LogP contribution in [-0.2, 0) is 17.3 Å².